The molecule has 0 saturated heterocycles. The summed E-state index contributed by atoms with van der Waals surface area (Å²) in [5.74, 6) is -1.37. The molecule has 0 spiro atoms. The lowest BCUT2D eigenvalue weighted by atomic mass is 10.1. The molecule has 2 aromatic rings. The minimum absolute atomic E-state index is 0.456. The Morgan fingerprint density at radius 1 is 1.13 bits per heavy atom. The average molecular weight is 412 g/mol. The quantitative estimate of drug-likeness (QED) is 0.513. The highest BCUT2D eigenvalue weighted by Gasteiger charge is 2.12. The molecule has 0 aliphatic heterocycles. The number of benzene rings is 1. The number of imide groups is 1. The molecule has 0 aliphatic rings. The number of carbonyl (C=O) groups excluding carboxylic acids is 3. The van der Waals surface area contributed by atoms with Gasteiger partial charge in [-0.05, 0) is 38.8 Å². The molecule has 2 N–H and O–H groups in total. The van der Waals surface area contributed by atoms with E-state index in [1.54, 1.807) is 6.08 Å². The van der Waals surface area contributed by atoms with Crippen molar-refractivity contribution in [1.29, 1.82) is 0 Å². The van der Waals surface area contributed by atoms with E-state index in [-0.39, 0.29) is 0 Å². The summed E-state index contributed by atoms with van der Waals surface area (Å²) in [6, 6.07) is 7.63. The molecule has 1 heterocycles. The van der Waals surface area contributed by atoms with Gasteiger partial charge >= 0.3 is 12.0 Å². The topological polar surface area (TPSA) is 102 Å². The van der Waals surface area contributed by atoms with Crippen LogP contribution in [0.3, 0.4) is 0 Å². The minimum Gasteiger partial charge on any atom is -0.452 e. The summed E-state index contributed by atoms with van der Waals surface area (Å²) < 4.78 is 6.76. The Balaban J connectivity index is 1.91. The van der Waals surface area contributed by atoms with Crippen LogP contribution in [0.5, 0.6) is 0 Å². The summed E-state index contributed by atoms with van der Waals surface area (Å²) in [4.78, 5) is 34.9. The van der Waals surface area contributed by atoms with Crippen molar-refractivity contribution < 1.29 is 19.1 Å². The van der Waals surface area contributed by atoms with Gasteiger partial charge in [-0.1, -0.05) is 36.8 Å². The lowest BCUT2D eigenvalue weighted by Crippen LogP contribution is -2.41. The molecular weight excluding hydrogens is 384 g/mol. The van der Waals surface area contributed by atoms with Crippen LogP contribution in [0.1, 0.15) is 41.4 Å². The number of hydrogen-bond donors (Lipinski definition) is 2. The van der Waals surface area contributed by atoms with E-state index in [1.165, 1.54) is 11.6 Å². The third-order valence-corrected chi connectivity index (χ3v) is 4.41. The van der Waals surface area contributed by atoms with Crippen LogP contribution >= 0.6 is 0 Å². The first kappa shape index (κ1) is 22.9. The molecule has 0 atom stereocenters. The number of carbonyl (C=O) groups is 3. The van der Waals surface area contributed by atoms with Gasteiger partial charge in [0, 0.05) is 23.9 Å². The maximum Gasteiger partial charge on any atom is 0.331 e. The molecule has 0 radical (unpaired) electrons. The highest BCUT2D eigenvalue weighted by atomic mass is 16.5. The van der Waals surface area contributed by atoms with Gasteiger partial charge in [0.2, 0.25) is 0 Å². The number of urea groups is 1. The predicted octanol–water partition coefficient (Wildman–Crippen LogP) is 2.65. The van der Waals surface area contributed by atoms with Crippen LogP contribution < -0.4 is 10.6 Å². The largest absolute Gasteiger partial charge is 0.452 e. The lowest BCUT2D eigenvalue weighted by Gasteiger charge is -2.06. The summed E-state index contributed by atoms with van der Waals surface area (Å²) in [5.41, 5.74) is 4.86. The molecular formula is C22H28N4O4. The highest BCUT2D eigenvalue weighted by molar-refractivity contribution is 5.96. The SMILES string of the molecule is CCCNC(=O)NC(=O)COC(=O)/C=C/c1c(C)nn(Cc2ccc(C)cc2)c1C. The zero-order valence-electron chi connectivity index (χ0n) is 17.8. The molecule has 0 aliphatic carbocycles. The number of esters is 1. The second-order valence-electron chi connectivity index (χ2n) is 6.97. The van der Waals surface area contributed by atoms with Gasteiger partial charge in [0.1, 0.15) is 0 Å². The Morgan fingerprint density at radius 2 is 1.83 bits per heavy atom. The molecule has 0 bridgehead atoms. The Labute approximate surface area is 176 Å². The van der Waals surface area contributed by atoms with Crippen LogP contribution in [-0.2, 0) is 20.9 Å². The van der Waals surface area contributed by atoms with Gasteiger partial charge in [-0.2, -0.15) is 5.10 Å². The molecule has 30 heavy (non-hydrogen) atoms. The van der Waals surface area contributed by atoms with Crippen molar-refractivity contribution in [2.24, 2.45) is 0 Å². The van der Waals surface area contributed by atoms with E-state index in [9.17, 15) is 14.4 Å². The standard InChI is InChI=1S/C22H28N4O4/c1-5-12-23-22(29)24-20(27)14-30-21(28)11-10-19-16(3)25-26(17(19)4)13-18-8-6-15(2)7-9-18/h6-11H,5,12-14H2,1-4H3,(H2,23,24,27,29)/b11-10+. The number of ether oxygens (including phenoxy) is 1. The molecule has 1 aromatic heterocycles. The molecule has 8 nitrogen and oxygen atoms in total. The molecule has 160 valence electrons. The van der Waals surface area contributed by atoms with Gasteiger partial charge in [0.05, 0.1) is 12.2 Å². The fourth-order valence-corrected chi connectivity index (χ4v) is 2.75. The van der Waals surface area contributed by atoms with Crippen LogP contribution in [0.15, 0.2) is 30.3 Å². The van der Waals surface area contributed by atoms with Crippen molar-refractivity contribution >= 4 is 24.0 Å². The van der Waals surface area contributed by atoms with Gasteiger partial charge in [0.25, 0.3) is 5.91 Å². The van der Waals surface area contributed by atoms with Crippen LogP contribution in [-0.4, -0.2) is 40.8 Å². The molecule has 3 amide bonds. The number of nitrogens with zero attached hydrogens (tertiary/aromatic N) is 2. The number of aryl methyl sites for hydroxylation is 2. The minimum atomic E-state index is -0.691. The van der Waals surface area contributed by atoms with Crippen LogP contribution in [0.25, 0.3) is 6.08 Å². The van der Waals surface area contributed by atoms with Crippen molar-refractivity contribution in [2.45, 2.75) is 40.7 Å². The number of aromatic nitrogens is 2. The van der Waals surface area contributed by atoms with E-state index in [0.717, 1.165) is 28.9 Å². The van der Waals surface area contributed by atoms with E-state index >= 15 is 0 Å². The van der Waals surface area contributed by atoms with Gasteiger partial charge in [-0.15, -0.1) is 0 Å². The van der Waals surface area contributed by atoms with Crippen molar-refractivity contribution in [2.75, 3.05) is 13.2 Å². The summed E-state index contributed by atoms with van der Waals surface area (Å²) >= 11 is 0. The summed E-state index contributed by atoms with van der Waals surface area (Å²) in [7, 11) is 0. The zero-order valence-corrected chi connectivity index (χ0v) is 17.8. The van der Waals surface area contributed by atoms with Crippen LogP contribution in [0.4, 0.5) is 4.79 Å². The van der Waals surface area contributed by atoms with Crippen molar-refractivity contribution in [3.63, 3.8) is 0 Å². The first-order chi connectivity index (χ1) is 14.3. The maximum absolute atomic E-state index is 11.9. The smallest absolute Gasteiger partial charge is 0.331 e. The third-order valence-electron chi connectivity index (χ3n) is 4.41. The Hall–Kier alpha value is -3.42. The first-order valence-electron chi connectivity index (χ1n) is 9.82. The predicted molar refractivity (Wildman–Crippen MR) is 114 cm³/mol. The van der Waals surface area contributed by atoms with Crippen LogP contribution in [0, 0.1) is 20.8 Å². The second kappa shape index (κ2) is 10.9. The molecule has 0 saturated carbocycles. The van der Waals surface area contributed by atoms with Gasteiger partial charge in [0.15, 0.2) is 6.61 Å². The zero-order chi connectivity index (χ0) is 22.1. The molecule has 8 heteroatoms. The van der Waals surface area contributed by atoms with Crippen molar-refractivity contribution in [3.05, 3.63) is 58.4 Å². The van der Waals surface area contributed by atoms with E-state index in [4.69, 9.17) is 4.74 Å². The molecule has 2 rings (SSSR count). The van der Waals surface area contributed by atoms with E-state index < -0.39 is 24.5 Å². The Morgan fingerprint density at radius 3 is 2.50 bits per heavy atom. The van der Waals surface area contributed by atoms with E-state index in [1.807, 2.05) is 32.4 Å². The molecule has 1 aromatic carbocycles. The number of amides is 3. The van der Waals surface area contributed by atoms with Crippen LogP contribution in [0.2, 0.25) is 0 Å². The van der Waals surface area contributed by atoms with Gasteiger partial charge < -0.3 is 10.1 Å². The fourth-order valence-electron chi connectivity index (χ4n) is 2.75. The summed E-state index contributed by atoms with van der Waals surface area (Å²) in [6.07, 6.45) is 3.62. The van der Waals surface area contributed by atoms with E-state index in [0.29, 0.717) is 13.1 Å². The number of nitrogens with one attached hydrogen (secondary N) is 2. The van der Waals surface area contributed by atoms with Gasteiger partial charge in [-0.3, -0.25) is 14.8 Å². The lowest BCUT2D eigenvalue weighted by molar-refractivity contribution is -0.143. The monoisotopic (exact) mass is 412 g/mol. The van der Waals surface area contributed by atoms with Crippen molar-refractivity contribution in [3.8, 4) is 0 Å². The second-order valence-corrected chi connectivity index (χ2v) is 6.97. The third kappa shape index (κ3) is 6.88. The number of hydrogen-bond acceptors (Lipinski definition) is 5. The van der Waals surface area contributed by atoms with Crippen molar-refractivity contribution in [1.82, 2.24) is 20.4 Å². The first-order valence-corrected chi connectivity index (χ1v) is 9.82. The average Bonchev–Trinajstić information content (AvgIpc) is 2.97. The normalized spacial score (nSPS) is 10.8. The number of rotatable bonds is 8. The molecule has 0 fully saturated rings. The maximum atomic E-state index is 11.9. The summed E-state index contributed by atoms with van der Waals surface area (Å²) in [5, 5.41) is 9.13. The Bertz CT molecular complexity index is 929. The van der Waals surface area contributed by atoms with E-state index in [2.05, 4.69) is 40.0 Å². The molecule has 0 unspecified atom stereocenters. The fraction of sp³-hybridized carbons (Fsp3) is 0.364. The van der Waals surface area contributed by atoms with Gasteiger partial charge in [-0.25, -0.2) is 9.59 Å². The Kier molecular flexibility index (Phi) is 8.34. The highest BCUT2D eigenvalue weighted by Crippen LogP contribution is 2.17. The summed E-state index contributed by atoms with van der Waals surface area (Å²) in [6.45, 7) is 8.29.